The van der Waals surface area contributed by atoms with Crippen molar-refractivity contribution in [2.75, 3.05) is 6.54 Å². The first-order chi connectivity index (χ1) is 9.49. The highest BCUT2D eigenvalue weighted by Crippen LogP contribution is 2.22. The summed E-state index contributed by atoms with van der Waals surface area (Å²) in [5.74, 6) is 0.0194. The SMILES string of the molecule is CC(C)N(CCC(N)=S)C(=O)c1ccc2c(c1)COC2. The van der Waals surface area contributed by atoms with Crippen molar-refractivity contribution < 1.29 is 9.53 Å². The Morgan fingerprint density at radius 2 is 2.10 bits per heavy atom. The third-order valence-corrected chi connectivity index (χ3v) is 3.66. The van der Waals surface area contributed by atoms with E-state index in [9.17, 15) is 4.79 Å². The zero-order chi connectivity index (χ0) is 14.7. The van der Waals surface area contributed by atoms with Crippen LogP contribution in [0.4, 0.5) is 0 Å². The normalized spacial score (nSPS) is 13.3. The van der Waals surface area contributed by atoms with Gasteiger partial charge in [0.25, 0.3) is 5.91 Å². The Morgan fingerprint density at radius 1 is 1.40 bits per heavy atom. The highest BCUT2D eigenvalue weighted by molar-refractivity contribution is 7.80. The predicted molar refractivity (Wildman–Crippen MR) is 82.5 cm³/mol. The highest BCUT2D eigenvalue weighted by Gasteiger charge is 2.21. The molecule has 1 aliphatic heterocycles. The summed E-state index contributed by atoms with van der Waals surface area (Å²) in [4.78, 5) is 14.8. The molecule has 0 radical (unpaired) electrons. The molecule has 0 saturated heterocycles. The first-order valence-electron chi connectivity index (χ1n) is 6.78. The summed E-state index contributed by atoms with van der Waals surface area (Å²) in [6, 6.07) is 5.88. The summed E-state index contributed by atoms with van der Waals surface area (Å²) >= 11 is 4.89. The molecule has 0 fully saturated rings. The lowest BCUT2D eigenvalue weighted by Crippen LogP contribution is -2.39. The van der Waals surface area contributed by atoms with Gasteiger partial charge in [0, 0.05) is 24.6 Å². The van der Waals surface area contributed by atoms with Crippen LogP contribution in [0.25, 0.3) is 0 Å². The zero-order valence-electron chi connectivity index (χ0n) is 11.9. The molecule has 1 amide bonds. The van der Waals surface area contributed by atoms with Crippen molar-refractivity contribution >= 4 is 23.1 Å². The van der Waals surface area contributed by atoms with Crippen molar-refractivity contribution in [1.29, 1.82) is 0 Å². The lowest BCUT2D eigenvalue weighted by Gasteiger charge is -2.27. The van der Waals surface area contributed by atoms with E-state index in [2.05, 4.69) is 0 Å². The van der Waals surface area contributed by atoms with Crippen LogP contribution in [0.1, 0.15) is 41.8 Å². The molecule has 1 aliphatic rings. The largest absolute Gasteiger partial charge is 0.393 e. The summed E-state index contributed by atoms with van der Waals surface area (Å²) in [5.41, 5.74) is 8.50. The lowest BCUT2D eigenvalue weighted by atomic mass is 10.0. The van der Waals surface area contributed by atoms with E-state index in [1.54, 1.807) is 4.90 Å². The molecule has 108 valence electrons. The molecule has 4 nitrogen and oxygen atoms in total. The molecule has 1 aromatic rings. The zero-order valence-corrected chi connectivity index (χ0v) is 12.7. The van der Waals surface area contributed by atoms with Crippen molar-refractivity contribution in [3.05, 3.63) is 34.9 Å². The molecule has 0 saturated carbocycles. The van der Waals surface area contributed by atoms with Gasteiger partial charge in [0.15, 0.2) is 0 Å². The number of ether oxygens (including phenoxy) is 1. The first kappa shape index (κ1) is 14.9. The molecule has 0 unspecified atom stereocenters. The van der Waals surface area contributed by atoms with E-state index in [4.69, 9.17) is 22.7 Å². The van der Waals surface area contributed by atoms with E-state index >= 15 is 0 Å². The van der Waals surface area contributed by atoms with Gasteiger partial charge in [0.2, 0.25) is 0 Å². The highest BCUT2D eigenvalue weighted by atomic mass is 32.1. The topological polar surface area (TPSA) is 55.6 Å². The molecular formula is C15H20N2O2S. The molecule has 20 heavy (non-hydrogen) atoms. The van der Waals surface area contributed by atoms with Crippen LogP contribution in [0.15, 0.2) is 18.2 Å². The van der Waals surface area contributed by atoms with Crippen LogP contribution in [0.2, 0.25) is 0 Å². The van der Waals surface area contributed by atoms with Crippen LogP contribution in [0, 0.1) is 0 Å². The van der Waals surface area contributed by atoms with Crippen molar-refractivity contribution in [3.63, 3.8) is 0 Å². The summed E-state index contributed by atoms with van der Waals surface area (Å²) in [6.07, 6.45) is 0.549. The number of carbonyl (C=O) groups is 1. The van der Waals surface area contributed by atoms with Gasteiger partial charge in [-0.3, -0.25) is 4.79 Å². The van der Waals surface area contributed by atoms with E-state index < -0.39 is 0 Å². The summed E-state index contributed by atoms with van der Waals surface area (Å²) in [5, 5.41) is 0. The third-order valence-electron chi connectivity index (χ3n) is 3.45. The van der Waals surface area contributed by atoms with Gasteiger partial charge in [-0.1, -0.05) is 18.3 Å². The first-order valence-corrected chi connectivity index (χ1v) is 7.18. The smallest absolute Gasteiger partial charge is 0.254 e. The lowest BCUT2D eigenvalue weighted by molar-refractivity contribution is 0.0711. The van der Waals surface area contributed by atoms with Gasteiger partial charge in [-0.15, -0.1) is 0 Å². The van der Waals surface area contributed by atoms with Crippen LogP contribution in [0.3, 0.4) is 0 Å². The Hall–Kier alpha value is -1.46. The molecule has 0 aliphatic carbocycles. The van der Waals surface area contributed by atoms with Crippen LogP contribution >= 0.6 is 12.2 Å². The van der Waals surface area contributed by atoms with Crippen LogP contribution in [0.5, 0.6) is 0 Å². The second kappa shape index (κ2) is 6.33. The molecular weight excluding hydrogens is 272 g/mol. The van der Waals surface area contributed by atoms with Gasteiger partial charge < -0.3 is 15.4 Å². The summed E-state index contributed by atoms with van der Waals surface area (Å²) in [6.45, 7) is 5.77. The molecule has 0 bridgehead atoms. The summed E-state index contributed by atoms with van der Waals surface area (Å²) in [7, 11) is 0. The number of benzene rings is 1. The van der Waals surface area contributed by atoms with Crippen LogP contribution in [-0.4, -0.2) is 28.4 Å². The predicted octanol–water partition coefficient (Wildman–Crippen LogP) is 2.24. The third kappa shape index (κ3) is 3.35. The van der Waals surface area contributed by atoms with Crippen LogP contribution in [-0.2, 0) is 18.0 Å². The molecule has 0 aromatic heterocycles. The minimum atomic E-state index is 0.0194. The molecule has 0 spiro atoms. The minimum Gasteiger partial charge on any atom is -0.393 e. The number of hydrogen-bond acceptors (Lipinski definition) is 3. The van der Waals surface area contributed by atoms with Gasteiger partial charge >= 0.3 is 0 Å². The fraction of sp³-hybridized carbons (Fsp3) is 0.467. The van der Waals surface area contributed by atoms with Gasteiger partial charge in [-0.25, -0.2) is 0 Å². The maximum absolute atomic E-state index is 12.6. The maximum atomic E-state index is 12.6. The van der Waals surface area contributed by atoms with Gasteiger partial charge in [0.1, 0.15) is 0 Å². The van der Waals surface area contributed by atoms with Crippen molar-refractivity contribution in [2.24, 2.45) is 5.73 Å². The molecule has 1 heterocycles. The number of amides is 1. The number of hydrogen-bond donors (Lipinski definition) is 1. The van der Waals surface area contributed by atoms with Gasteiger partial charge in [-0.05, 0) is 37.1 Å². The van der Waals surface area contributed by atoms with E-state index in [1.807, 2.05) is 32.0 Å². The Labute approximate surface area is 124 Å². The number of carbonyl (C=O) groups excluding carboxylic acids is 1. The fourth-order valence-corrected chi connectivity index (χ4v) is 2.39. The number of nitrogens with zero attached hydrogens (tertiary/aromatic N) is 1. The molecule has 2 N–H and O–H groups in total. The van der Waals surface area contributed by atoms with E-state index in [0.29, 0.717) is 36.7 Å². The summed E-state index contributed by atoms with van der Waals surface area (Å²) < 4.78 is 5.38. The van der Waals surface area contributed by atoms with E-state index in [0.717, 1.165) is 5.56 Å². The van der Waals surface area contributed by atoms with Crippen LogP contribution < -0.4 is 5.73 Å². The average Bonchev–Trinajstić information content (AvgIpc) is 2.84. The van der Waals surface area contributed by atoms with Crippen molar-refractivity contribution in [2.45, 2.75) is 39.5 Å². The quantitative estimate of drug-likeness (QED) is 0.846. The maximum Gasteiger partial charge on any atom is 0.254 e. The number of thiocarbonyl (C=S) groups is 1. The number of nitrogens with two attached hydrogens (primary N) is 1. The monoisotopic (exact) mass is 292 g/mol. The van der Waals surface area contributed by atoms with Gasteiger partial charge in [0.05, 0.1) is 18.2 Å². The minimum absolute atomic E-state index is 0.0194. The van der Waals surface area contributed by atoms with Gasteiger partial charge in [-0.2, -0.15) is 0 Å². The Morgan fingerprint density at radius 3 is 2.75 bits per heavy atom. The fourth-order valence-electron chi connectivity index (χ4n) is 2.30. The Kier molecular flexibility index (Phi) is 4.73. The number of fused-ring (bicyclic) bond motifs is 1. The Bertz CT molecular complexity index is 529. The average molecular weight is 292 g/mol. The number of rotatable bonds is 5. The molecule has 0 atom stereocenters. The molecule has 2 rings (SSSR count). The second-order valence-corrected chi connectivity index (χ2v) is 5.81. The van der Waals surface area contributed by atoms with E-state index in [1.165, 1.54) is 5.56 Å². The van der Waals surface area contributed by atoms with Crippen molar-refractivity contribution in [1.82, 2.24) is 4.90 Å². The van der Waals surface area contributed by atoms with Crippen molar-refractivity contribution in [3.8, 4) is 0 Å². The standard InChI is InChI=1S/C15H20N2O2S/c1-10(2)17(6-5-14(16)20)15(18)11-3-4-12-8-19-9-13(12)7-11/h3-4,7,10H,5-6,8-9H2,1-2H3,(H2,16,20). The van der Waals surface area contributed by atoms with E-state index in [-0.39, 0.29) is 11.9 Å². The molecule has 5 heteroatoms. The second-order valence-electron chi connectivity index (χ2n) is 5.28. The Balaban J connectivity index is 2.16. The molecule has 1 aromatic carbocycles.